The average molecular weight is 327 g/mol. The molecule has 2 saturated heterocycles. The van der Waals surface area contributed by atoms with Crippen LogP contribution in [0.1, 0.15) is 33.6 Å². The van der Waals surface area contributed by atoms with Gasteiger partial charge in [0.2, 0.25) is 0 Å². The number of carbonyl (C=O) groups is 1. The van der Waals surface area contributed by atoms with Gasteiger partial charge in [0, 0.05) is 25.2 Å². The van der Waals surface area contributed by atoms with Gasteiger partial charge in [-0.05, 0) is 38.7 Å². The Hall–Kier alpha value is -1.50. The Bertz CT molecular complexity index is 588. The molecule has 3 atom stereocenters. The van der Waals surface area contributed by atoms with Gasteiger partial charge in [0.15, 0.2) is 0 Å². The van der Waals surface area contributed by atoms with Crippen molar-refractivity contribution in [3.63, 3.8) is 0 Å². The van der Waals surface area contributed by atoms with E-state index in [-0.39, 0.29) is 12.0 Å². The van der Waals surface area contributed by atoms with Gasteiger partial charge < -0.3 is 10.0 Å². The molecule has 1 N–H and O–H groups in total. The summed E-state index contributed by atoms with van der Waals surface area (Å²) in [6.07, 6.45) is 0.218. The van der Waals surface area contributed by atoms with E-state index in [2.05, 4.69) is 23.7 Å². The molecule has 5 nitrogen and oxygen atoms in total. The maximum absolute atomic E-state index is 13.6. The number of alkyl halides is 2. The number of nitrogens with zero attached hydrogens (tertiary/aromatic N) is 3. The Morgan fingerprint density at radius 1 is 1.43 bits per heavy atom. The molecule has 128 valence electrons. The highest BCUT2D eigenvalue weighted by Gasteiger charge is 2.49. The number of hydrogen-bond donors (Lipinski definition) is 1. The van der Waals surface area contributed by atoms with Crippen LogP contribution in [0.15, 0.2) is 16.3 Å². The van der Waals surface area contributed by atoms with E-state index in [1.807, 2.05) is 6.92 Å². The van der Waals surface area contributed by atoms with E-state index in [9.17, 15) is 18.7 Å². The van der Waals surface area contributed by atoms with Crippen LogP contribution in [0, 0.1) is 5.92 Å². The molecule has 23 heavy (non-hydrogen) atoms. The second-order valence-corrected chi connectivity index (χ2v) is 7.01. The second kappa shape index (κ2) is 5.54. The number of aliphatic carboxylic acids is 1. The van der Waals surface area contributed by atoms with E-state index in [0.29, 0.717) is 6.54 Å². The lowest BCUT2D eigenvalue weighted by atomic mass is 10.0. The standard InChI is InChI=1S/C16H23F2N3O2/c1-9-10(2)19-11(3)21-7-12(4-13(9)21)6-20-8-16(17,18)5-14(20)15(22)23/h10,12,14H,4-8H2,1-3H3,(H,22,23)/t10-,12?,14-/m0/s1. The van der Waals surface area contributed by atoms with Crippen molar-refractivity contribution < 1.29 is 18.7 Å². The summed E-state index contributed by atoms with van der Waals surface area (Å²) in [7, 11) is 0. The topological polar surface area (TPSA) is 56.1 Å². The molecule has 2 fully saturated rings. The average Bonchev–Trinajstić information content (AvgIpc) is 2.98. The molecule has 0 spiro atoms. The van der Waals surface area contributed by atoms with Gasteiger partial charge in [-0.15, -0.1) is 0 Å². The van der Waals surface area contributed by atoms with Crippen LogP contribution < -0.4 is 0 Å². The molecule has 0 aromatic heterocycles. The number of amidine groups is 1. The Balaban J connectivity index is 1.73. The number of rotatable bonds is 3. The van der Waals surface area contributed by atoms with Crippen molar-refractivity contribution in [3.8, 4) is 0 Å². The molecule has 3 aliphatic heterocycles. The number of allylic oxidation sites excluding steroid dienone is 1. The van der Waals surface area contributed by atoms with Crippen molar-refractivity contribution in [2.45, 2.75) is 51.6 Å². The molecule has 3 rings (SSSR count). The fourth-order valence-corrected chi connectivity index (χ4v) is 3.98. The zero-order valence-corrected chi connectivity index (χ0v) is 13.7. The summed E-state index contributed by atoms with van der Waals surface area (Å²) in [4.78, 5) is 19.5. The minimum atomic E-state index is -2.91. The Morgan fingerprint density at radius 3 is 2.78 bits per heavy atom. The predicted octanol–water partition coefficient (Wildman–Crippen LogP) is 2.20. The van der Waals surface area contributed by atoms with Crippen LogP contribution in [0.25, 0.3) is 0 Å². The molecule has 1 unspecified atom stereocenters. The van der Waals surface area contributed by atoms with Gasteiger partial charge >= 0.3 is 5.97 Å². The van der Waals surface area contributed by atoms with Crippen molar-refractivity contribution >= 4 is 11.8 Å². The highest BCUT2D eigenvalue weighted by atomic mass is 19.3. The Kier molecular flexibility index (Phi) is 3.94. The molecule has 0 aliphatic carbocycles. The van der Waals surface area contributed by atoms with Gasteiger partial charge in [-0.3, -0.25) is 14.7 Å². The van der Waals surface area contributed by atoms with E-state index in [4.69, 9.17) is 0 Å². The summed E-state index contributed by atoms with van der Waals surface area (Å²) in [5.74, 6) is -2.94. The normalized spacial score (nSPS) is 33.9. The van der Waals surface area contributed by atoms with Crippen LogP contribution in [0.4, 0.5) is 8.78 Å². The summed E-state index contributed by atoms with van der Waals surface area (Å²) in [6, 6.07) is -0.922. The lowest BCUT2D eigenvalue weighted by molar-refractivity contribution is -0.142. The number of aliphatic imine (C=N–C) groups is 1. The first-order valence-electron chi connectivity index (χ1n) is 8.04. The third-order valence-electron chi connectivity index (χ3n) is 5.25. The quantitative estimate of drug-likeness (QED) is 0.863. The zero-order chi connectivity index (χ0) is 16.9. The number of hydrogen-bond acceptors (Lipinski definition) is 4. The fraction of sp³-hybridized carbons (Fsp3) is 0.750. The van der Waals surface area contributed by atoms with Gasteiger partial charge in [-0.2, -0.15) is 0 Å². The molecule has 7 heteroatoms. The first-order valence-corrected chi connectivity index (χ1v) is 8.04. The Labute approximate surface area is 134 Å². The molecule has 0 amide bonds. The van der Waals surface area contributed by atoms with Crippen molar-refractivity contribution in [1.82, 2.24) is 9.80 Å². The minimum absolute atomic E-state index is 0.155. The van der Waals surface area contributed by atoms with Crippen LogP contribution in [0.2, 0.25) is 0 Å². The summed E-state index contributed by atoms with van der Waals surface area (Å²) in [5.41, 5.74) is 2.45. The maximum Gasteiger partial charge on any atom is 0.321 e. The third-order valence-corrected chi connectivity index (χ3v) is 5.25. The SMILES string of the molecule is CC1=N[C@@H](C)C(C)=C2CC(CN3CC(F)(F)C[C@H]3C(=O)O)CN12. The number of carboxylic acid groups (broad SMARTS) is 1. The van der Waals surface area contributed by atoms with Gasteiger partial charge in [0.1, 0.15) is 11.9 Å². The number of carboxylic acids is 1. The van der Waals surface area contributed by atoms with Crippen LogP contribution in [-0.2, 0) is 4.79 Å². The molecule has 0 saturated carbocycles. The van der Waals surface area contributed by atoms with Crippen LogP contribution in [-0.4, -0.2) is 64.4 Å². The molecule has 3 aliphatic rings. The van der Waals surface area contributed by atoms with E-state index in [1.54, 1.807) is 0 Å². The third kappa shape index (κ3) is 2.98. The molecule has 0 radical (unpaired) electrons. The molecule has 0 bridgehead atoms. The molecule has 0 aromatic rings. The monoisotopic (exact) mass is 327 g/mol. The lowest BCUT2D eigenvalue weighted by Crippen LogP contribution is -2.40. The largest absolute Gasteiger partial charge is 0.480 e. The van der Waals surface area contributed by atoms with Gasteiger partial charge in [0.25, 0.3) is 5.92 Å². The Morgan fingerprint density at radius 2 is 2.13 bits per heavy atom. The van der Waals surface area contributed by atoms with E-state index in [1.165, 1.54) is 16.2 Å². The molecular formula is C16H23F2N3O2. The summed E-state index contributed by atoms with van der Waals surface area (Å²) in [5, 5.41) is 9.20. The van der Waals surface area contributed by atoms with Gasteiger partial charge in [0.05, 0.1) is 12.6 Å². The van der Waals surface area contributed by atoms with E-state index >= 15 is 0 Å². The smallest absolute Gasteiger partial charge is 0.321 e. The lowest BCUT2D eigenvalue weighted by Gasteiger charge is -2.29. The molecule has 3 heterocycles. The first kappa shape index (κ1) is 16.4. The van der Waals surface area contributed by atoms with Crippen LogP contribution in [0.3, 0.4) is 0 Å². The van der Waals surface area contributed by atoms with Crippen molar-refractivity contribution in [2.24, 2.45) is 10.9 Å². The predicted molar refractivity (Wildman–Crippen MR) is 82.6 cm³/mol. The van der Waals surface area contributed by atoms with Crippen LogP contribution >= 0.6 is 0 Å². The van der Waals surface area contributed by atoms with Crippen molar-refractivity contribution in [3.05, 3.63) is 11.3 Å². The first-order chi connectivity index (χ1) is 10.7. The summed E-state index contributed by atoms with van der Waals surface area (Å²) in [6.45, 7) is 6.75. The number of fused-ring (bicyclic) bond motifs is 1. The highest BCUT2D eigenvalue weighted by Crippen LogP contribution is 2.37. The van der Waals surface area contributed by atoms with E-state index in [0.717, 1.165) is 18.8 Å². The second-order valence-electron chi connectivity index (χ2n) is 7.01. The number of halogens is 2. The summed E-state index contributed by atoms with van der Waals surface area (Å²) >= 11 is 0. The van der Waals surface area contributed by atoms with Crippen LogP contribution in [0.5, 0.6) is 0 Å². The molecular weight excluding hydrogens is 304 g/mol. The fourth-order valence-electron chi connectivity index (χ4n) is 3.98. The zero-order valence-electron chi connectivity index (χ0n) is 13.7. The van der Waals surface area contributed by atoms with Crippen molar-refractivity contribution in [2.75, 3.05) is 19.6 Å². The van der Waals surface area contributed by atoms with Gasteiger partial charge in [-0.1, -0.05) is 0 Å². The maximum atomic E-state index is 13.6. The highest BCUT2D eigenvalue weighted by molar-refractivity contribution is 5.83. The summed E-state index contributed by atoms with van der Waals surface area (Å²) < 4.78 is 27.2. The molecule has 0 aromatic carbocycles. The van der Waals surface area contributed by atoms with Gasteiger partial charge in [-0.25, -0.2) is 8.78 Å². The van der Waals surface area contributed by atoms with Crippen molar-refractivity contribution in [1.29, 1.82) is 0 Å². The minimum Gasteiger partial charge on any atom is -0.480 e. The van der Waals surface area contributed by atoms with E-state index < -0.39 is 30.9 Å². The number of likely N-dealkylation sites (tertiary alicyclic amines) is 1.